The fourth-order valence-corrected chi connectivity index (χ4v) is 3.06. The molecule has 2 aromatic carbocycles. The third-order valence-electron chi connectivity index (χ3n) is 2.85. The van der Waals surface area contributed by atoms with E-state index in [-0.39, 0.29) is 11.0 Å². The van der Waals surface area contributed by atoms with E-state index in [1.54, 1.807) is 0 Å². The van der Waals surface area contributed by atoms with Crippen LogP contribution in [0.2, 0.25) is 5.02 Å². The highest BCUT2D eigenvalue weighted by Crippen LogP contribution is 2.34. The van der Waals surface area contributed by atoms with Crippen molar-refractivity contribution in [2.24, 2.45) is 0 Å². The summed E-state index contributed by atoms with van der Waals surface area (Å²) in [6.45, 7) is 0. The van der Waals surface area contributed by atoms with E-state index < -0.39 is 11.6 Å². The van der Waals surface area contributed by atoms with Gasteiger partial charge < -0.3 is 5.73 Å². The highest BCUT2D eigenvalue weighted by molar-refractivity contribution is 9.10. The van der Waals surface area contributed by atoms with Gasteiger partial charge in [-0.25, -0.2) is 13.8 Å². The maximum atomic E-state index is 13.4. The van der Waals surface area contributed by atoms with E-state index >= 15 is 0 Å². The number of rotatable bonds is 1. The van der Waals surface area contributed by atoms with Crippen LogP contribution in [-0.2, 0) is 0 Å². The van der Waals surface area contributed by atoms with Crippen molar-refractivity contribution in [1.29, 1.82) is 0 Å². The first-order valence-corrected chi connectivity index (χ1v) is 6.73. The first-order chi connectivity index (χ1) is 9.47. The number of benzene rings is 2. The third-order valence-corrected chi connectivity index (χ3v) is 3.74. The summed E-state index contributed by atoms with van der Waals surface area (Å²) in [7, 11) is 0. The van der Waals surface area contributed by atoms with Gasteiger partial charge in [-0.05, 0) is 40.2 Å². The molecule has 0 amide bonds. The van der Waals surface area contributed by atoms with Crippen LogP contribution in [0.4, 0.5) is 14.7 Å². The number of anilines is 1. The second-order valence-electron chi connectivity index (χ2n) is 4.16. The lowest BCUT2D eigenvalue weighted by Crippen LogP contribution is -2.03. The SMILES string of the molecule is Nc1nc2ccc(F)cc2n1-c1c(Cl)cc(F)cc1Br. The van der Waals surface area contributed by atoms with Crippen molar-refractivity contribution in [3.8, 4) is 5.69 Å². The zero-order valence-corrected chi connectivity index (χ0v) is 12.2. The monoisotopic (exact) mass is 357 g/mol. The van der Waals surface area contributed by atoms with Crippen molar-refractivity contribution in [1.82, 2.24) is 9.55 Å². The Kier molecular flexibility index (Phi) is 3.14. The van der Waals surface area contributed by atoms with Crippen molar-refractivity contribution < 1.29 is 8.78 Å². The Morgan fingerprint density at radius 2 is 1.90 bits per heavy atom. The normalized spacial score (nSPS) is 11.2. The first-order valence-electron chi connectivity index (χ1n) is 5.56. The summed E-state index contributed by atoms with van der Waals surface area (Å²) in [5, 5.41) is 0.145. The van der Waals surface area contributed by atoms with Gasteiger partial charge >= 0.3 is 0 Å². The molecule has 7 heteroatoms. The van der Waals surface area contributed by atoms with E-state index in [0.29, 0.717) is 21.2 Å². The number of nitrogens with two attached hydrogens (primary N) is 1. The summed E-state index contributed by atoms with van der Waals surface area (Å²) < 4.78 is 28.6. The molecule has 0 saturated heterocycles. The molecule has 0 unspecified atom stereocenters. The fraction of sp³-hybridized carbons (Fsp3) is 0. The molecule has 20 heavy (non-hydrogen) atoms. The molecule has 1 heterocycles. The summed E-state index contributed by atoms with van der Waals surface area (Å²) in [5.41, 5.74) is 7.26. The van der Waals surface area contributed by atoms with Crippen LogP contribution >= 0.6 is 27.5 Å². The smallest absolute Gasteiger partial charge is 0.206 e. The third kappa shape index (κ3) is 2.05. The largest absolute Gasteiger partial charge is 0.369 e. The Morgan fingerprint density at radius 1 is 1.15 bits per heavy atom. The lowest BCUT2D eigenvalue weighted by molar-refractivity contribution is 0.626. The summed E-state index contributed by atoms with van der Waals surface area (Å²) in [5.74, 6) is -0.771. The Hall–Kier alpha value is -1.66. The van der Waals surface area contributed by atoms with Crippen LogP contribution in [0.1, 0.15) is 0 Å². The highest BCUT2D eigenvalue weighted by Gasteiger charge is 2.17. The Bertz CT molecular complexity index is 809. The van der Waals surface area contributed by atoms with Gasteiger partial charge in [0.05, 0.1) is 21.7 Å². The van der Waals surface area contributed by atoms with Gasteiger partial charge in [-0.2, -0.15) is 0 Å². The standard InChI is InChI=1S/C13H7BrClF2N3/c14-8-3-7(17)4-9(15)12(8)20-11-5-6(16)1-2-10(11)19-13(20)18/h1-5H,(H2,18,19). The lowest BCUT2D eigenvalue weighted by Gasteiger charge is -2.11. The van der Waals surface area contributed by atoms with Crippen LogP contribution in [0.3, 0.4) is 0 Å². The number of aromatic nitrogens is 2. The molecule has 3 nitrogen and oxygen atoms in total. The minimum absolute atomic E-state index is 0.139. The predicted octanol–water partition coefficient (Wildman–Crippen LogP) is 4.30. The predicted molar refractivity (Wildman–Crippen MR) is 78.1 cm³/mol. The molecule has 0 atom stereocenters. The van der Waals surface area contributed by atoms with Gasteiger partial charge in [-0.1, -0.05) is 11.6 Å². The number of nitrogen functional groups attached to an aromatic ring is 1. The van der Waals surface area contributed by atoms with Crippen LogP contribution in [0.15, 0.2) is 34.8 Å². The highest BCUT2D eigenvalue weighted by atomic mass is 79.9. The Labute approximate surface area is 126 Å². The molecule has 0 bridgehead atoms. The fourth-order valence-electron chi connectivity index (χ4n) is 2.05. The van der Waals surface area contributed by atoms with Gasteiger partial charge in [0, 0.05) is 10.5 Å². The van der Waals surface area contributed by atoms with Crippen LogP contribution in [0.5, 0.6) is 0 Å². The first kappa shape index (κ1) is 13.3. The Morgan fingerprint density at radius 3 is 2.60 bits per heavy atom. The van der Waals surface area contributed by atoms with Gasteiger partial charge in [0.15, 0.2) is 0 Å². The molecule has 0 spiro atoms. The second-order valence-corrected chi connectivity index (χ2v) is 5.42. The van der Waals surface area contributed by atoms with E-state index in [9.17, 15) is 8.78 Å². The molecular weight excluding hydrogens is 352 g/mol. The molecule has 0 radical (unpaired) electrons. The average Bonchev–Trinajstić information content (AvgIpc) is 2.65. The van der Waals surface area contributed by atoms with Gasteiger partial charge in [-0.15, -0.1) is 0 Å². The van der Waals surface area contributed by atoms with Gasteiger partial charge in [-0.3, -0.25) is 4.57 Å². The van der Waals surface area contributed by atoms with E-state index in [1.165, 1.54) is 28.8 Å². The van der Waals surface area contributed by atoms with Crippen LogP contribution in [0, 0.1) is 11.6 Å². The topological polar surface area (TPSA) is 43.8 Å². The van der Waals surface area contributed by atoms with Crippen molar-refractivity contribution in [3.63, 3.8) is 0 Å². The molecule has 0 aliphatic heterocycles. The zero-order valence-electron chi connectivity index (χ0n) is 9.87. The van der Waals surface area contributed by atoms with Crippen LogP contribution in [-0.4, -0.2) is 9.55 Å². The van der Waals surface area contributed by atoms with Crippen LogP contribution < -0.4 is 5.73 Å². The van der Waals surface area contributed by atoms with E-state index in [0.717, 1.165) is 6.07 Å². The van der Waals surface area contributed by atoms with Crippen molar-refractivity contribution in [2.45, 2.75) is 0 Å². The van der Waals surface area contributed by atoms with Gasteiger partial charge in [0.1, 0.15) is 11.6 Å². The number of imidazole rings is 1. The molecule has 102 valence electrons. The molecule has 1 aromatic heterocycles. The second kappa shape index (κ2) is 4.71. The molecule has 0 aliphatic rings. The molecular formula is C13H7BrClF2N3. The summed E-state index contributed by atoms with van der Waals surface area (Å²) in [4.78, 5) is 4.14. The summed E-state index contributed by atoms with van der Waals surface area (Å²) >= 11 is 9.31. The van der Waals surface area contributed by atoms with E-state index in [1.807, 2.05) is 0 Å². The van der Waals surface area contributed by atoms with Gasteiger partial charge in [0.2, 0.25) is 5.95 Å². The van der Waals surface area contributed by atoms with Crippen LogP contribution in [0.25, 0.3) is 16.7 Å². The van der Waals surface area contributed by atoms with Crippen molar-refractivity contribution in [3.05, 3.63) is 51.5 Å². The maximum absolute atomic E-state index is 13.4. The minimum Gasteiger partial charge on any atom is -0.369 e. The van der Waals surface area contributed by atoms with Crippen molar-refractivity contribution in [2.75, 3.05) is 5.73 Å². The molecule has 2 N–H and O–H groups in total. The molecule has 3 rings (SSSR count). The lowest BCUT2D eigenvalue weighted by atomic mass is 10.2. The average molecular weight is 359 g/mol. The molecule has 3 aromatic rings. The number of fused-ring (bicyclic) bond motifs is 1. The summed E-state index contributed by atoms with van der Waals surface area (Å²) in [6, 6.07) is 6.52. The number of hydrogen-bond acceptors (Lipinski definition) is 2. The number of halogens is 4. The summed E-state index contributed by atoms with van der Waals surface area (Å²) in [6.07, 6.45) is 0. The van der Waals surface area contributed by atoms with E-state index in [2.05, 4.69) is 20.9 Å². The van der Waals surface area contributed by atoms with Crippen molar-refractivity contribution >= 4 is 44.5 Å². The van der Waals surface area contributed by atoms with Gasteiger partial charge in [0.25, 0.3) is 0 Å². The zero-order chi connectivity index (χ0) is 14.4. The molecule has 0 fully saturated rings. The number of hydrogen-bond donors (Lipinski definition) is 1. The molecule has 0 aliphatic carbocycles. The Balaban J connectivity index is 2.40. The quantitative estimate of drug-likeness (QED) is 0.705. The molecule has 0 saturated carbocycles. The van der Waals surface area contributed by atoms with E-state index in [4.69, 9.17) is 17.3 Å². The maximum Gasteiger partial charge on any atom is 0.206 e. The number of nitrogens with zero attached hydrogens (tertiary/aromatic N) is 2. The minimum atomic E-state index is -0.486.